The van der Waals surface area contributed by atoms with Crippen molar-refractivity contribution in [3.05, 3.63) is 0 Å². The molecule has 0 atom stereocenters. The number of hydrogen-bond acceptors (Lipinski definition) is 2. The third-order valence-electron chi connectivity index (χ3n) is 1.62. The summed E-state index contributed by atoms with van der Waals surface area (Å²) >= 11 is 0. The number of rotatable bonds is 6. The molecule has 0 radical (unpaired) electrons. The van der Waals surface area contributed by atoms with Crippen LogP contribution in [0, 0.1) is 11.8 Å². The van der Waals surface area contributed by atoms with E-state index in [-0.39, 0.29) is 0 Å². The van der Waals surface area contributed by atoms with Crippen LogP contribution in [-0.2, 0) is 4.79 Å². The van der Waals surface area contributed by atoms with Gasteiger partial charge >= 0.3 is 0 Å². The van der Waals surface area contributed by atoms with Crippen molar-refractivity contribution in [1.29, 1.82) is 0 Å². The first-order valence-electron chi connectivity index (χ1n) is 4.42. The molecule has 0 aromatic rings. The summed E-state index contributed by atoms with van der Waals surface area (Å²) in [5, 5.41) is 0. The van der Waals surface area contributed by atoms with Crippen LogP contribution in [0.2, 0.25) is 0 Å². The summed E-state index contributed by atoms with van der Waals surface area (Å²) in [6.07, 6.45) is 3.85. The average molecular weight is 167 g/mol. The Hall–Kier alpha value is -0.810. The van der Waals surface area contributed by atoms with Gasteiger partial charge in [0, 0.05) is 19.3 Å². The monoisotopic (exact) mass is 167 g/mol. The van der Waals surface area contributed by atoms with Crippen molar-refractivity contribution in [3.63, 3.8) is 0 Å². The van der Waals surface area contributed by atoms with Crippen LogP contribution in [0.1, 0.15) is 39.0 Å². The van der Waals surface area contributed by atoms with Gasteiger partial charge in [-0.15, -0.1) is 11.8 Å². The third-order valence-corrected chi connectivity index (χ3v) is 1.62. The molecule has 0 spiro atoms. The van der Waals surface area contributed by atoms with E-state index < -0.39 is 0 Å². The molecular weight excluding hydrogens is 150 g/mol. The van der Waals surface area contributed by atoms with Gasteiger partial charge in [0.2, 0.25) is 0 Å². The lowest BCUT2D eigenvalue weighted by Crippen LogP contribution is -2.01. The minimum Gasteiger partial charge on any atom is -0.330 e. The number of carbonyl (C=O) groups is 1. The molecule has 2 nitrogen and oxygen atoms in total. The van der Waals surface area contributed by atoms with Crippen molar-refractivity contribution in [2.75, 3.05) is 6.54 Å². The van der Waals surface area contributed by atoms with Gasteiger partial charge in [-0.25, -0.2) is 0 Å². The molecule has 0 aliphatic heterocycles. The quantitative estimate of drug-likeness (QED) is 0.481. The van der Waals surface area contributed by atoms with Crippen molar-refractivity contribution in [2.45, 2.75) is 39.0 Å². The van der Waals surface area contributed by atoms with Crippen molar-refractivity contribution in [1.82, 2.24) is 0 Å². The first-order valence-corrected chi connectivity index (χ1v) is 4.42. The maximum atomic E-state index is 11.1. The van der Waals surface area contributed by atoms with E-state index in [2.05, 4.69) is 11.8 Å². The van der Waals surface area contributed by atoms with Crippen LogP contribution in [0.3, 0.4) is 0 Å². The van der Waals surface area contributed by atoms with Crippen LogP contribution in [0.25, 0.3) is 0 Å². The van der Waals surface area contributed by atoms with E-state index >= 15 is 0 Å². The topological polar surface area (TPSA) is 43.1 Å². The molecule has 0 fully saturated rings. The summed E-state index contributed by atoms with van der Waals surface area (Å²) in [7, 11) is 0. The third kappa shape index (κ3) is 7.30. The molecule has 0 aliphatic rings. The van der Waals surface area contributed by atoms with Gasteiger partial charge < -0.3 is 5.73 Å². The van der Waals surface area contributed by atoms with Crippen LogP contribution < -0.4 is 5.73 Å². The lowest BCUT2D eigenvalue weighted by molar-refractivity contribution is -0.119. The molecule has 12 heavy (non-hydrogen) atoms. The second-order valence-electron chi connectivity index (χ2n) is 2.71. The maximum absolute atomic E-state index is 11.1. The van der Waals surface area contributed by atoms with Crippen LogP contribution in [0.15, 0.2) is 0 Å². The number of ketones is 1. The number of carbonyl (C=O) groups excluding carboxylic acids is 1. The van der Waals surface area contributed by atoms with Gasteiger partial charge in [-0.2, -0.15) is 0 Å². The molecule has 0 saturated heterocycles. The van der Waals surface area contributed by atoms with Crippen LogP contribution in [0.4, 0.5) is 0 Å². The molecular formula is C10H17NO. The van der Waals surface area contributed by atoms with Gasteiger partial charge in [-0.3, -0.25) is 4.79 Å². The van der Waals surface area contributed by atoms with Gasteiger partial charge in [0.1, 0.15) is 5.78 Å². The fourth-order valence-electron chi connectivity index (χ4n) is 0.918. The molecule has 0 amide bonds. The molecule has 0 heterocycles. The zero-order valence-corrected chi connectivity index (χ0v) is 7.73. The molecule has 0 aliphatic carbocycles. The Labute approximate surface area is 74.5 Å². The Balaban J connectivity index is 3.25. The zero-order valence-electron chi connectivity index (χ0n) is 7.73. The Kier molecular flexibility index (Phi) is 7.73. The van der Waals surface area contributed by atoms with Gasteiger partial charge in [-0.1, -0.05) is 0 Å². The molecule has 0 saturated carbocycles. The summed E-state index contributed by atoms with van der Waals surface area (Å²) in [6, 6.07) is 0. The summed E-state index contributed by atoms with van der Waals surface area (Å²) in [5.74, 6) is 5.95. The van der Waals surface area contributed by atoms with Crippen molar-refractivity contribution < 1.29 is 4.79 Å². The SMILES string of the molecule is CC#CCCC(=O)CCCCN. The number of nitrogens with two attached hydrogens (primary N) is 1. The molecule has 68 valence electrons. The van der Waals surface area contributed by atoms with E-state index in [4.69, 9.17) is 5.73 Å². The second kappa shape index (κ2) is 8.29. The fourth-order valence-corrected chi connectivity index (χ4v) is 0.918. The summed E-state index contributed by atoms with van der Waals surface area (Å²) in [6.45, 7) is 2.47. The molecule has 0 bridgehead atoms. The zero-order chi connectivity index (χ0) is 9.23. The van der Waals surface area contributed by atoms with Gasteiger partial charge in [0.05, 0.1) is 0 Å². The van der Waals surface area contributed by atoms with E-state index in [1.807, 2.05) is 0 Å². The minimum atomic E-state index is 0.311. The van der Waals surface area contributed by atoms with E-state index in [0.29, 0.717) is 31.6 Å². The highest BCUT2D eigenvalue weighted by molar-refractivity contribution is 5.78. The highest BCUT2D eigenvalue weighted by atomic mass is 16.1. The van der Waals surface area contributed by atoms with E-state index in [1.54, 1.807) is 6.92 Å². The van der Waals surface area contributed by atoms with Gasteiger partial charge in [0.25, 0.3) is 0 Å². The highest BCUT2D eigenvalue weighted by Crippen LogP contribution is 1.99. The summed E-state index contributed by atoms with van der Waals surface area (Å²) in [4.78, 5) is 11.1. The molecule has 2 heteroatoms. The van der Waals surface area contributed by atoms with Crippen LogP contribution in [0.5, 0.6) is 0 Å². The van der Waals surface area contributed by atoms with Crippen LogP contribution >= 0.6 is 0 Å². The number of Topliss-reactive ketones (excluding diaryl/α,β-unsaturated/α-hetero) is 1. The van der Waals surface area contributed by atoms with Gasteiger partial charge in [-0.05, 0) is 26.3 Å². The fraction of sp³-hybridized carbons (Fsp3) is 0.700. The largest absolute Gasteiger partial charge is 0.330 e. The van der Waals surface area contributed by atoms with E-state index in [0.717, 1.165) is 12.8 Å². The highest BCUT2D eigenvalue weighted by Gasteiger charge is 1.98. The van der Waals surface area contributed by atoms with Crippen LogP contribution in [-0.4, -0.2) is 12.3 Å². The average Bonchev–Trinajstić information content (AvgIpc) is 2.06. The van der Waals surface area contributed by atoms with E-state index in [1.165, 1.54) is 0 Å². The normalized spacial score (nSPS) is 8.83. The second-order valence-corrected chi connectivity index (χ2v) is 2.71. The maximum Gasteiger partial charge on any atom is 0.133 e. The Morgan fingerprint density at radius 3 is 2.67 bits per heavy atom. The molecule has 0 unspecified atom stereocenters. The number of unbranched alkanes of at least 4 members (excludes halogenated alkanes) is 1. The lowest BCUT2D eigenvalue weighted by Gasteiger charge is -1.96. The predicted octanol–water partition coefficient (Wildman–Crippen LogP) is 1.49. The number of hydrogen-bond donors (Lipinski definition) is 1. The van der Waals surface area contributed by atoms with Crippen molar-refractivity contribution >= 4 is 5.78 Å². The molecule has 2 N–H and O–H groups in total. The van der Waals surface area contributed by atoms with Gasteiger partial charge in [0.15, 0.2) is 0 Å². The van der Waals surface area contributed by atoms with E-state index in [9.17, 15) is 4.79 Å². The molecule has 0 aromatic heterocycles. The summed E-state index contributed by atoms with van der Waals surface area (Å²) < 4.78 is 0. The smallest absolute Gasteiger partial charge is 0.133 e. The molecule has 0 rings (SSSR count). The predicted molar refractivity (Wildman–Crippen MR) is 50.6 cm³/mol. The minimum absolute atomic E-state index is 0.311. The first-order chi connectivity index (χ1) is 5.81. The first kappa shape index (κ1) is 11.2. The summed E-state index contributed by atoms with van der Waals surface area (Å²) in [5.41, 5.74) is 5.30. The molecule has 0 aromatic carbocycles. The Bertz CT molecular complexity index is 176. The van der Waals surface area contributed by atoms with Crippen molar-refractivity contribution in [3.8, 4) is 11.8 Å². The lowest BCUT2D eigenvalue weighted by atomic mass is 10.1. The Morgan fingerprint density at radius 1 is 1.33 bits per heavy atom. The van der Waals surface area contributed by atoms with Crippen molar-refractivity contribution in [2.24, 2.45) is 5.73 Å². The Morgan fingerprint density at radius 2 is 2.08 bits per heavy atom. The standard InChI is InChI=1S/C10H17NO/c1-2-3-4-7-10(12)8-5-6-9-11/h4-9,11H2,1H3.